The normalized spacial score (nSPS) is 15.8. The SMILES string of the molecule is Cn1c(=O)[nH]c2ccc(C3=NC(Cc4ccccc4Cl)C(=O)N(CCO)c4ccc(Cl)cc43)cc21. The number of imidazole rings is 1. The molecule has 2 heterocycles. The van der Waals surface area contributed by atoms with Crippen molar-refractivity contribution in [3.8, 4) is 0 Å². The number of hydrogen-bond donors (Lipinski definition) is 2. The van der Waals surface area contributed by atoms with E-state index in [1.54, 1.807) is 36.2 Å². The third-order valence-corrected chi connectivity index (χ3v) is 6.82. The number of aliphatic hydroxyl groups excluding tert-OH is 1. The van der Waals surface area contributed by atoms with Gasteiger partial charge >= 0.3 is 5.69 Å². The van der Waals surface area contributed by atoms with Gasteiger partial charge in [-0.05, 0) is 42.0 Å². The highest BCUT2D eigenvalue weighted by atomic mass is 35.5. The lowest BCUT2D eigenvalue weighted by Crippen LogP contribution is -2.40. The molecule has 1 amide bonds. The highest BCUT2D eigenvalue weighted by molar-refractivity contribution is 6.32. The fraction of sp³-hybridized carbons (Fsp3) is 0.192. The number of aromatic nitrogens is 2. The summed E-state index contributed by atoms with van der Waals surface area (Å²) in [5, 5.41) is 10.8. The maximum Gasteiger partial charge on any atom is 0.326 e. The number of aliphatic hydroxyl groups is 1. The Morgan fingerprint density at radius 2 is 1.86 bits per heavy atom. The molecule has 0 radical (unpaired) electrons. The number of anilines is 1. The average molecular weight is 509 g/mol. The van der Waals surface area contributed by atoms with Crippen molar-refractivity contribution in [3.05, 3.63) is 97.9 Å². The van der Waals surface area contributed by atoms with E-state index in [0.717, 1.165) is 11.1 Å². The van der Waals surface area contributed by atoms with E-state index in [0.29, 0.717) is 38.0 Å². The molecule has 1 unspecified atom stereocenters. The third kappa shape index (κ3) is 4.27. The monoisotopic (exact) mass is 508 g/mol. The number of benzodiazepines with no additional fused rings is 1. The van der Waals surface area contributed by atoms with Gasteiger partial charge in [0.1, 0.15) is 6.04 Å². The van der Waals surface area contributed by atoms with Crippen molar-refractivity contribution in [2.75, 3.05) is 18.1 Å². The molecule has 5 rings (SSSR count). The molecular weight excluding hydrogens is 487 g/mol. The molecule has 3 aromatic carbocycles. The largest absolute Gasteiger partial charge is 0.395 e. The average Bonchev–Trinajstić information content (AvgIpc) is 3.08. The molecule has 4 aromatic rings. The second kappa shape index (κ2) is 9.34. The summed E-state index contributed by atoms with van der Waals surface area (Å²) in [6.07, 6.45) is 0.288. The Morgan fingerprint density at radius 3 is 2.63 bits per heavy atom. The van der Waals surface area contributed by atoms with Gasteiger partial charge in [0.2, 0.25) is 0 Å². The number of β-amino-alcohol motifs (C(OH)–C–C–N with tert-alkyl or cyclic N) is 1. The quantitative estimate of drug-likeness (QED) is 0.427. The number of aromatic amines is 1. The van der Waals surface area contributed by atoms with Crippen molar-refractivity contribution in [2.45, 2.75) is 12.5 Å². The van der Waals surface area contributed by atoms with Crippen LogP contribution in [0.25, 0.3) is 11.0 Å². The number of carbonyl (C=O) groups excluding carboxylic acids is 1. The van der Waals surface area contributed by atoms with Crippen LogP contribution in [-0.2, 0) is 18.3 Å². The summed E-state index contributed by atoms with van der Waals surface area (Å²) in [6, 6.07) is 17.4. The van der Waals surface area contributed by atoms with Crippen LogP contribution in [0, 0.1) is 0 Å². The highest BCUT2D eigenvalue weighted by Gasteiger charge is 2.32. The number of carbonyl (C=O) groups is 1. The summed E-state index contributed by atoms with van der Waals surface area (Å²) in [5.74, 6) is -0.243. The number of halogens is 2. The van der Waals surface area contributed by atoms with Crippen LogP contribution in [0.2, 0.25) is 10.0 Å². The number of fused-ring (bicyclic) bond motifs is 2. The van der Waals surface area contributed by atoms with Gasteiger partial charge in [-0.15, -0.1) is 0 Å². The van der Waals surface area contributed by atoms with Crippen LogP contribution < -0.4 is 10.6 Å². The molecule has 1 aromatic heterocycles. The first-order chi connectivity index (χ1) is 16.9. The lowest BCUT2D eigenvalue weighted by molar-refractivity contribution is -0.119. The van der Waals surface area contributed by atoms with E-state index in [1.807, 2.05) is 36.4 Å². The number of aryl methyl sites for hydroxylation is 1. The van der Waals surface area contributed by atoms with Crippen LogP contribution in [0.4, 0.5) is 5.69 Å². The van der Waals surface area contributed by atoms with Gasteiger partial charge in [-0.2, -0.15) is 0 Å². The number of aliphatic imine (C=N–C) groups is 1. The van der Waals surface area contributed by atoms with Crippen molar-refractivity contribution in [3.63, 3.8) is 0 Å². The zero-order valence-electron chi connectivity index (χ0n) is 18.8. The van der Waals surface area contributed by atoms with Gasteiger partial charge in [0, 0.05) is 41.2 Å². The Labute approximate surface area is 211 Å². The maximum absolute atomic E-state index is 13.7. The summed E-state index contributed by atoms with van der Waals surface area (Å²) in [5.41, 5.74) is 4.58. The molecule has 0 saturated carbocycles. The molecule has 0 aliphatic carbocycles. The highest BCUT2D eigenvalue weighted by Crippen LogP contribution is 2.32. The Balaban J connectivity index is 1.74. The van der Waals surface area contributed by atoms with E-state index in [1.165, 1.54) is 4.57 Å². The molecule has 9 heteroatoms. The van der Waals surface area contributed by atoms with Gasteiger partial charge in [-0.1, -0.05) is 47.5 Å². The fourth-order valence-electron chi connectivity index (χ4n) is 4.45. The zero-order chi connectivity index (χ0) is 24.7. The van der Waals surface area contributed by atoms with E-state index in [-0.39, 0.29) is 31.2 Å². The molecular formula is C26H22Cl2N4O3. The van der Waals surface area contributed by atoms with Crippen LogP contribution in [-0.4, -0.2) is 45.5 Å². The minimum atomic E-state index is -0.784. The zero-order valence-corrected chi connectivity index (χ0v) is 20.3. The van der Waals surface area contributed by atoms with E-state index < -0.39 is 6.04 Å². The summed E-state index contributed by atoms with van der Waals surface area (Å²) in [6.45, 7) is -0.0972. The topological polar surface area (TPSA) is 90.7 Å². The van der Waals surface area contributed by atoms with Crippen molar-refractivity contribution < 1.29 is 9.90 Å². The first kappa shape index (κ1) is 23.4. The van der Waals surface area contributed by atoms with Crippen molar-refractivity contribution >= 4 is 51.5 Å². The van der Waals surface area contributed by atoms with E-state index in [2.05, 4.69) is 4.98 Å². The van der Waals surface area contributed by atoms with Crippen molar-refractivity contribution in [2.24, 2.45) is 12.0 Å². The molecule has 1 aliphatic rings. The maximum atomic E-state index is 13.7. The molecule has 1 aliphatic heterocycles. The van der Waals surface area contributed by atoms with Gasteiger partial charge in [-0.25, -0.2) is 4.79 Å². The molecule has 35 heavy (non-hydrogen) atoms. The van der Waals surface area contributed by atoms with Gasteiger partial charge < -0.3 is 15.0 Å². The number of rotatable bonds is 5. The lowest BCUT2D eigenvalue weighted by Gasteiger charge is -2.24. The fourth-order valence-corrected chi connectivity index (χ4v) is 4.83. The van der Waals surface area contributed by atoms with Gasteiger partial charge in [0.25, 0.3) is 5.91 Å². The minimum absolute atomic E-state index is 0.112. The van der Waals surface area contributed by atoms with Crippen molar-refractivity contribution in [1.29, 1.82) is 0 Å². The smallest absolute Gasteiger partial charge is 0.326 e. The van der Waals surface area contributed by atoms with Crippen LogP contribution in [0.15, 0.2) is 70.5 Å². The number of nitrogens with zero attached hydrogens (tertiary/aromatic N) is 3. The Bertz CT molecular complexity index is 1540. The summed E-state index contributed by atoms with van der Waals surface area (Å²) in [4.78, 5) is 35.2. The van der Waals surface area contributed by atoms with Gasteiger partial charge in [0.15, 0.2) is 0 Å². The molecule has 0 spiro atoms. The number of amides is 1. The first-order valence-electron chi connectivity index (χ1n) is 11.1. The van der Waals surface area contributed by atoms with E-state index in [4.69, 9.17) is 28.2 Å². The summed E-state index contributed by atoms with van der Waals surface area (Å²) >= 11 is 12.8. The van der Waals surface area contributed by atoms with Crippen LogP contribution in [0.3, 0.4) is 0 Å². The Kier molecular flexibility index (Phi) is 6.23. The standard InChI is InChI=1S/C26H22Cl2N4O3/c1-31-23-13-16(6-8-20(23)30-26(31)35)24-18-14-17(27)7-9-22(18)32(10-11-33)25(34)21(29-24)12-15-4-2-3-5-19(15)28/h2-9,13-14,21,33H,10-12H2,1H3,(H,30,35). The second-order valence-corrected chi connectivity index (χ2v) is 9.23. The minimum Gasteiger partial charge on any atom is -0.395 e. The molecule has 2 N–H and O–H groups in total. The molecule has 7 nitrogen and oxygen atoms in total. The molecule has 1 atom stereocenters. The van der Waals surface area contributed by atoms with Gasteiger partial charge in [0.05, 0.1) is 29.0 Å². The number of nitrogens with one attached hydrogen (secondary N) is 1. The molecule has 0 bridgehead atoms. The Hall–Kier alpha value is -3.39. The van der Waals surface area contributed by atoms with Crippen molar-refractivity contribution in [1.82, 2.24) is 9.55 Å². The van der Waals surface area contributed by atoms with Crippen LogP contribution in [0.5, 0.6) is 0 Å². The van der Waals surface area contributed by atoms with Crippen LogP contribution in [0.1, 0.15) is 16.7 Å². The second-order valence-electron chi connectivity index (χ2n) is 8.39. The van der Waals surface area contributed by atoms with Gasteiger partial charge in [-0.3, -0.25) is 14.4 Å². The number of hydrogen-bond acceptors (Lipinski definition) is 4. The van der Waals surface area contributed by atoms with E-state index >= 15 is 0 Å². The summed E-state index contributed by atoms with van der Waals surface area (Å²) in [7, 11) is 1.69. The molecule has 178 valence electrons. The third-order valence-electron chi connectivity index (χ3n) is 6.21. The van der Waals surface area contributed by atoms with Crippen LogP contribution >= 0.6 is 23.2 Å². The predicted octanol–water partition coefficient (Wildman–Crippen LogP) is 3.96. The number of H-pyrrole nitrogens is 1. The summed E-state index contributed by atoms with van der Waals surface area (Å²) < 4.78 is 1.53. The first-order valence-corrected chi connectivity index (χ1v) is 11.9. The van der Waals surface area contributed by atoms with E-state index in [9.17, 15) is 14.7 Å². The Morgan fingerprint density at radius 1 is 1.06 bits per heavy atom. The number of benzene rings is 3. The molecule has 0 fully saturated rings. The lowest BCUT2D eigenvalue weighted by atomic mass is 9.99. The molecule has 0 saturated heterocycles. The predicted molar refractivity (Wildman–Crippen MR) is 139 cm³/mol.